The topological polar surface area (TPSA) is 305 Å². The van der Waals surface area contributed by atoms with Crippen molar-refractivity contribution in [3.63, 3.8) is 0 Å². The van der Waals surface area contributed by atoms with Crippen molar-refractivity contribution in [3.05, 3.63) is 171 Å². The third kappa shape index (κ3) is 15.2. The number of pyridine rings is 3. The van der Waals surface area contributed by atoms with E-state index in [1.54, 1.807) is 57.7 Å². The molecule has 3 fully saturated rings. The number of alkyl halides is 3. The Kier molecular flexibility index (Phi) is 21.7. The van der Waals surface area contributed by atoms with Crippen molar-refractivity contribution < 1.29 is 58.8 Å². The van der Waals surface area contributed by atoms with Gasteiger partial charge in [-0.2, -0.15) is 0 Å². The molecule has 0 bridgehead atoms. The normalized spacial score (nSPS) is 23.4. The van der Waals surface area contributed by atoms with Gasteiger partial charge < -0.3 is 42.3 Å². The summed E-state index contributed by atoms with van der Waals surface area (Å²) < 4.78 is 145. The van der Waals surface area contributed by atoms with Crippen molar-refractivity contribution in [3.8, 4) is 17.6 Å². The quantitative estimate of drug-likeness (QED) is 0.0384. The first-order valence-corrected chi connectivity index (χ1v) is 34.2. The van der Waals surface area contributed by atoms with E-state index in [4.69, 9.17) is 53.9 Å². The van der Waals surface area contributed by atoms with E-state index in [1.807, 2.05) is 13.8 Å². The number of benzene rings is 3. The first kappa shape index (κ1) is 72.7. The molecule has 100 heavy (non-hydrogen) atoms. The van der Waals surface area contributed by atoms with E-state index in [9.17, 15) is 39.5 Å². The van der Waals surface area contributed by atoms with E-state index in [0.717, 1.165) is 18.2 Å². The van der Waals surface area contributed by atoms with Crippen LogP contribution in [0.3, 0.4) is 0 Å². The molecular formula is C67H66ClF9N16O4S3. The number of fused-ring (bicyclic) bond motifs is 6. The number of nitrogen functional groups attached to an aromatic ring is 1. The lowest BCUT2D eigenvalue weighted by Gasteiger charge is -2.32. The summed E-state index contributed by atoms with van der Waals surface area (Å²) in [5.74, 6) is -5.87. The van der Waals surface area contributed by atoms with E-state index in [2.05, 4.69) is 59.8 Å². The molecule has 3 aromatic carbocycles. The number of hydrogen-bond donors (Lipinski definition) is 5. The van der Waals surface area contributed by atoms with Gasteiger partial charge in [-0.1, -0.05) is 46.9 Å². The van der Waals surface area contributed by atoms with Crippen LogP contribution in [0.4, 0.5) is 45.2 Å². The highest BCUT2D eigenvalue weighted by atomic mass is 35.5. The number of halogens is 10. The van der Waals surface area contributed by atoms with Gasteiger partial charge in [0.15, 0.2) is 55.6 Å². The Balaban J connectivity index is 0.000000139. The van der Waals surface area contributed by atoms with Crippen LogP contribution in [0.1, 0.15) is 86.2 Å². The number of aliphatic imine (C=N–C) groups is 3. The highest BCUT2D eigenvalue weighted by molar-refractivity contribution is 8.15. The molecule has 6 aliphatic rings. The van der Waals surface area contributed by atoms with Crippen molar-refractivity contribution >= 4 is 101 Å². The molecule has 9 heterocycles. The maximum atomic E-state index is 14.9. The third-order valence-electron chi connectivity index (χ3n) is 17.0. The Morgan fingerprint density at radius 3 is 1.25 bits per heavy atom. The number of ether oxygens (including phenoxy) is 3. The fourth-order valence-corrected chi connectivity index (χ4v) is 16.1. The molecule has 20 nitrogen and oxygen atoms in total. The van der Waals surface area contributed by atoms with Gasteiger partial charge in [-0.25, -0.2) is 89.4 Å². The number of nitrogens with two attached hydrogens (primary N) is 4. The first-order valence-electron chi connectivity index (χ1n) is 31.1. The molecule has 0 radical (unpaired) electrons. The van der Waals surface area contributed by atoms with Gasteiger partial charge in [0.25, 0.3) is 0 Å². The lowest BCUT2D eigenvalue weighted by molar-refractivity contribution is 0.216. The fraction of sp³-hybridized carbons (Fsp3) is 0.373. The molecule has 0 saturated heterocycles. The summed E-state index contributed by atoms with van der Waals surface area (Å²) in [5.41, 5.74) is 23.6. The highest BCUT2D eigenvalue weighted by Crippen LogP contribution is 2.61. The zero-order valence-corrected chi connectivity index (χ0v) is 57.5. The number of aliphatic hydroxyl groups is 1. The van der Waals surface area contributed by atoms with Gasteiger partial charge >= 0.3 is 0 Å². The minimum atomic E-state index is -1.50. The van der Waals surface area contributed by atoms with Crippen LogP contribution >= 0.6 is 46.9 Å². The van der Waals surface area contributed by atoms with Gasteiger partial charge in [0.05, 0.1) is 66.9 Å². The fourth-order valence-electron chi connectivity index (χ4n) is 12.2. The number of rotatable bonds is 14. The molecule has 0 unspecified atom stereocenters. The van der Waals surface area contributed by atoms with Crippen LogP contribution in [0.25, 0.3) is 33.1 Å². The Morgan fingerprint density at radius 1 is 0.510 bits per heavy atom. The van der Waals surface area contributed by atoms with Gasteiger partial charge in [-0.15, -0.1) is 0 Å². The minimum Gasteiger partial charge on any atom is -0.480 e. The number of aromatic nitrogens is 9. The van der Waals surface area contributed by atoms with Gasteiger partial charge in [0.1, 0.15) is 53.2 Å². The summed E-state index contributed by atoms with van der Waals surface area (Å²) in [4.78, 5) is 51.0. The van der Waals surface area contributed by atoms with Crippen molar-refractivity contribution in [2.75, 3.05) is 40.0 Å². The predicted octanol–water partition coefficient (Wildman–Crippen LogP) is 12.0. The van der Waals surface area contributed by atoms with Crippen molar-refractivity contribution in [1.82, 2.24) is 44.9 Å². The Labute approximate surface area is 584 Å². The standard InChI is InChI=1S/C23H22F3N5OS.C21H18F3N5OS.C12H12F3N3S.C8H6ClN3O.C3H8O/c1-11(2)32-19-9-29-21-16(30-19)3-4-28-17(21)7-12-5-14(20(26)15(25)6-12)23(10-24)13-8-18(13)33-22(27)31-23;1-30-17-8-27-19-14(28-17)2-3-26-15(19)6-10-4-12(18(24)13(23)5-10)21(9-22)11-7-16(11)31-20(25)29-21;13-4-12(6-3-9(6)19-11(17)18-12)7-1-5(16)2-8(14)10(7)15;1-13-6-4-11-7-5(12-6)2-3-10-8(7)9;1-3(2)4/h3-6,9,11,13,18H,7-8,10H2,1-2H3,(H2,27,31);2-5,8,11,16H,6-7,9H2,1H3,(H2,25,29);1-2,6,9H,3-4,16H2,(H2,17,18);2-4H,1H3;3-4H,1-2H3/t13-,18+,23+;11-,16+,21+;6-,9+,12+;;/m111../s1. The van der Waals surface area contributed by atoms with E-state index in [0.29, 0.717) is 97.7 Å². The molecule has 9 atom stereocenters. The number of methoxy groups -OCH3 is 2. The average Bonchev–Trinajstić information content (AvgIpc) is 1.57. The summed E-state index contributed by atoms with van der Waals surface area (Å²) in [6.45, 7) is 4.40. The lowest BCUT2D eigenvalue weighted by Crippen LogP contribution is -2.37. The van der Waals surface area contributed by atoms with Gasteiger partial charge in [0, 0.05) is 93.4 Å². The second-order valence-electron chi connectivity index (χ2n) is 24.6. The van der Waals surface area contributed by atoms with Gasteiger partial charge in [0.2, 0.25) is 17.6 Å². The van der Waals surface area contributed by atoms with Crippen LogP contribution in [0.5, 0.6) is 17.6 Å². The number of aliphatic hydroxyl groups excluding tert-OH is 1. The zero-order chi connectivity index (χ0) is 71.7. The second-order valence-corrected chi connectivity index (χ2v) is 28.8. The predicted molar refractivity (Wildman–Crippen MR) is 369 cm³/mol. The summed E-state index contributed by atoms with van der Waals surface area (Å²) >= 11 is 9.87. The average molecular weight is 1460 g/mol. The SMILES string of the molecule is CC(C)O.CC(C)Oc1cnc2c(Cc3cc(F)c(F)c([C@@]4(CF)N=C(N)S[C@H]5C[C@H]54)c3)nccc2n1.COc1cnc2c(Cc3cc(F)c(F)c([C@@]4(CF)N=C(N)S[C@H]5C[C@H]54)c3)nccc2n1.COc1cnc2c(Cl)nccc2n1.NC1=N[C@](CF)(c2cc(N)cc(F)c2F)[C@@H]2C[C@@H]2S1. The molecule has 33 heteroatoms. The molecule has 15 rings (SSSR count). The van der Waals surface area contributed by atoms with Crippen LogP contribution in [-0.4, -0.2) is 128 Å². The Bertz CT molecular complexity index is 4670. The van der Waals surface area contributed by atoms with Gasteiger partial charge in [-0.05, 0) is 113 Å². The molecular weight excluding hydrogens is 1400 g/mol. The molecule has 3 saturated carbocycles. The van der Waals surface area contributed by atoms with Crippen LogP contribution in [-0.2, 0) is 29.5 Å². The van der Waals surface area contributed by atoms with Crippen molar-refractivity contribution in [1.29, 1.82) is 0 Å². The molecule has 0 amide bonds. The number of anilines is 1. The summed E-state index contributed by atoms with van der Waals surface area (Å²) in [6.07, 6.45) is 11.3. The molecule has 0 spiro atoms. The largest absolute Gasteiger partial charge is 0.480 e. The van der Waals surface area contributed by atoms with E-state index < -0.39 is 71.5 Å². The maximum Gasteiger partial charge on any atom is 0.233 e. The van der Waals surface area contributed by atoms with Crippen LogP contribution in [0.2, 0.25) is 5.15 Å². The Hall–Kier alpha value is -8.59. The van der Waals surface area contributed by atoms with Crippen LogP contribution < -0.4 is 37.1 Å². The van der Waals surface area contributed by atoms with Crippen LogP contribution in [0, 0.1) is 52.7 Å². The highest BCUT2D eigenvalue weighted by Gasteiger charge is 2.61. The summed E-state index contributed by atoms with van der Waals surface area (Å²) in [5, 5.41) is 9.28. The lowest BCUT2D eigenvalue weighted by atomic mass is 9.84. The Morgan fingerprint density at radius 2 is 0.860 bits per heavy atom. The number of hydrogen-bond acceptors (Lipinski definition) is 23. The summed E-state index contributed by atoms with van der Waals surface area (Å²) in [7, 11) is 3.03. The second kappa shape index (κ2) is 29.9. The van der Waals surface area contributed by atoms with Gasteiger partial charge in [-0.3, -0.25) is 9.97 Å². The van der Waals surface area contributed by atoms with Crippen LogP contribution in [0.15, 0.2) is 107 Å². The van der Waals surface area contributed by atoms with E-state index in [-0.39, 0.29) is 96.4 Å². The molecule has 526 valence electrons. The molecule has 3 aliphatic carbocycles. The van der Waals surface area contributed by atoms with E-state index >= 15 is 0 Å². The van der Waals surface area contributed by atoms with Crippen molar-refractivity contribution in [2.24, 2.45) is 49.9 Å². The zero-order valence-electron chi connectivity index (χ0n) is 54.3. The molecule has 9 aromatic rings. The smallest absolute Gasteiger partial charge is 0.233 e. The monoisotopic (exact) mass is 1460 g/mol. The van der Waals surface area contributed by atoms with Crippen molar-refractivity contribution in [2.45, 2.75) is 104 Å². The number of nitrogens with zero attached hydrogens (tertiary/aromatic N) is 12. The maximum absolute atomic E-state index is 14.9. The number of thioether (sulfide) groups is 3. The van der Waals surface area contributed by atoms with E-state index in [1.165, 1.54) is 79.2 Å². The first-order chi connectivity index (χ1) is 47.8. The molecule has 9 N–H and O–H groups in total. The third-order valence-corrected chi connectivity index (χ3v) is 20.7. The number of amidine groups is 3. The molecule has 3 aliphatic heterocycles. The summed E-state index contributed by atoms with van der Waals surface area (Å²) in [6, 6.07) is 12.4. The minimum absolute atomic E-state index is 0.0472. The molecule has 6 aromatic heterocycles.